The summed E-state index contributed by atoms with van der Waals surface area (Å²) in [6.45, 7) is 5.37. The molecule has 1 spiro atoms. The smallest absolute Gasteiger partial charge is 0.255 e. The van der Waals surface area contributed by atoms with E-state index in [0.29, 0.717) is 43.3 Å². The van der Waals surface area contributed by atoms with Gasteiger partial charge in [-0.2, -0.15) is 0 Å². The predicted octanol–water partition coefficient (Wildman–Crippen LogP) is 2.27. The molecule has 3 aliphatic heterocycles. The van der Waals surface area contributed by atoms with Crippen LogP contribution in [0.1, 0.15) is 37.0 Å². The van der Waals surface area contributed by atoms with Crippen LogP contribution >= 0.6 is 0 Å². The van der Waals surface area contributed by atoms with E-state index in [1.54, 1.807) is 12.4 Å². The van der Waals surface area contributed by atoms with Crippen molar-refractivity contribution >= 4 is 11.8 Å². The fourth-order valence-corrected chi connectivity index (χ4v) is 5.06. The van der Waals surface area contributed by atoms with Gasteiger partial charge in [-0.05, 0) is 12.0 Å². The van der Waals surface area contributed by atoms with Gasteiger partial charge in [-0.15, -0.1) is 0 Å². The average Bonchev–Trinajstić information content (AvgIpc) is 3.44. The molecule has 2 amide bonds. The van der Waals surface area contributed by atoms with Crippen LogP contribution in [0.2, 0.25) is 0 Å². The molecule has 0 bridgehead atoms. The highest BCUT2D eigenvalue weighted by molar-refractivity contribution is 6.01. The van der Waals surface area contributed by atoms with Crippen molar-refractivity contribution in [2.24, 2.45) is 5.92 Å². The third-order valence-corrected chi connectivity index (χ3v) is 6.43. The molecule has 1 aromatic carbocycles. The van der Waals surface area contributed by atoms with Crippen LogP contribution < -0.4 is 0 Å². The Hall–Kier alpha value is -2.67. The molecule has 3 aliphatic rings. The number of nitrogens with zero attached hydrogens (tertiary/aromatic N) is 3. The molecule has 7 heteroatoms. The summed E-state index contributed by atoms with van der Waals surface area (Å²) in [5.74, 6) is 1.02. The fraction of sp³-hybridized carbons (Fsp3) is 0.476. The molecule has 3 atom stereocenters. The number of ether oxygens (including phenoxy) is 1. The van der Waals surface area contributed by atoms with E-state index in [9.17, 15) is 9.59 Å². The number of aromatic amines is 1. The maximum Gasteiger partial charge on any atom is 0.255 e. The Balaban J connectivity index is 1.49. The van der Waals surface area contributed by atoms with Gasteiger partial charge in [0.15, 0.2) is 5.72 Å². The van der Waals surface area contributed by atoms with Gasteiger partial charge in [0.1, 0.15) is 5.82 Å². The molecule has 28 heavy (non-hydrogen) atoms. The summed E-state index contributed by atoms with van der Waals surface area (Å²) in [4.78, 5) is 37.5. The van der Waals surface area contributed by atoms with Crippen molar-refractivity contribution in [2.45, 2.75) is 44.5 Å². The molecular weight excluding hydrogens is 356 g/mol. The number of nitrogens with one attached hydrogen (secondary N) is 1. The standard InChI is InChI=1S/C21H24N4O3/c1-13(2)16-12-28-21-7-10-24(17(21)11-18(26)25(16)21)20(27)15-6-4-3-5-14(15)19-22-8-9-23-19/h3-6,8-9,13,16-17H,7,10-12H2,1-2H3,(H,22,23)/t16-,17+,21-/m0/s1. The molecule has 3 fully saturated rings. The van der Waals surface area contributed by atoms with E-state index in [2.05, 4.69) is 23.8 Å². The SMILES string of the molecule is CC(C)[C@@H]1CO[C@@]23CCN(C(=O)c4ccccc4-c4ncc[nH]4)[C@@H]2CC(=O)N13. The molecule has 5 rings (SSSR count). The highest BCUT2D eigenvalue weighted by atomic mass is 16.5. The lowest BCUT2D eigenvalue weighted by Gasteiger charge is -2.34. The van der Waals surface area contributed by atoms with E-state index in [1.807, 2.05) is 34.1 Å². The van der Waals surface area contributed by atoms with Crippen LogP contribution in [0, 0.1) is 5.92 Å². The van der Waals surface area contributed by atoms with Crippen LogP contribution in [0.3, 0.4) is 0 Å². The minimum absolute atomic E-state index is 0.0693. The molecule has 1 N–H and O–H groups in total. The number of likely N-dealkylation sites (tertiary alicyclic amines) is 1. The first kappa shape index (κ1) is 17.4. The van der Waals surface area contributed by atoms with Crippen molar-refractivity contribution in [3.63, 3.8) is 0 Å². The summed E-state index contributed by atoms with van der Waals surface area (Å²) in [5.41, 5.74) is 0.715. The van der Waals surface area contributed by atoms with Gasteiger partial charge >= 0.3 is 0 Å². The first-order valence-electron chi connectivity index (χ1n) is 9.89. The third-order valence-electron chi connectivity index (χ3n) is 6.43. The number of imidazole rings is 1. The summed E-state index contributed by atoms with van der Waals surface area (Å²) < 4.78 is 6.24. The number of carbonyl (C=O) groups excluding carboxylic acids is 2. The zero-order valence-electron chi connectivity index (χ0n) is 16.1. The number of carbonyl (C=O) groups is 2. The van der Waals surface area contributed by atoms with Crippen molar-refractivity contribution in [1.29, 1.82) is 0 Å². The van der Waals surface area contributed by atoms with Crippen LogP contribution in [-0.2, 0) is 9.53 Å². The van der Waals surface area contributed by atoms with Gasteiger partial charge < -0.3 is 19.5 Å². The van der Waals surface area contributed by atoms with Gasteiger partial charge in [0, 0.05) is 30.9 Å². The number of H-pyrrole nitrogens is 1. The average molecular weight is 380 g/mol. The van der Waals surface area contributed by atoms with Gasteiger partial charge in [0.05, 0.1) is 30.7 Å². The Morgan fingerprint density at radius 2 is 2.18 bits per heavy atom. The fourth-order valence-electron chi connectivity index (χ4n) is 5.06. The van der Waals surface area contributed by atoms with E-state index >= 15 is 0 Å². The highest BCUT2D eigenvalue weighted by Crippen LogP contribution is 2.49. The Bertz CT molecular complexity index is 925. The Morgan fingerprint density at radius 3 is 2.93 bits per heavy atom. The predicted molar refractivity (Wildman–Crippen MR) is 102 cm³/mol. The largest absolute Gasteiger partial charge is 0.351 e. The topological polar surface area (TPSA) is 78.5 Å². The lowest BCUT2D eigenvalue weighted by atomic mass is 10.0. The summed E-state index contributed by atoms with van der Waals surface area (Å²) in [7, 11) is 0. The molecule has 1 aromatic heterocycles. The second-order valence-corrected chi connectivity index (χ2v) is 8.18. The minimum Gasteiger partial charge on any atom is -0.351 e. The Kier molecular flexibility index (Phi) is 3.84. The minimum atomic E-state index is -0.651. The number of aromatic nitrogens is 2. The van der Waals surface area contributed by atoms with Crippen molar-refractivity contribution in [1.82, 2.24) is 19.8 Å². The zero-order chi connectivity index (χ0) is 19.5. The van der Waals surface area contributed by atoms with E-state index in [-0.39, 0.29) is 23.9 Å². The summed E-state index contributed by atoms with van der Waals surface area (Å²) in [6, 6.07) is 7.33. The molecule has 0 unspecified atom stereocenters. The normalized spacial score (nSPS) is 28.9. The molecule has 7 nitrogen and oxygen atoms in total. The van der Waals surface area contributed by atoms with Crippen LogP contribution in [-0.4, -0.2) is 62.5 Å². The molecule has 0 saturated carbocycles. The van der Waals surface area contributed by atoms with Crippen LogP contribution in [0.25, 0.3) is 11.4 Å². The highest BCUT2D eigenvalue weighted by Gasteiger charge is 2.65. The molecule has 0 radical (unpaired) electrons. The van der Waals surface area contributed by atoms with Gasteiger partial charge in [-0.25, -0.2) is 4.98 Å². The van der Waals surface area contributed by atoms with Crippen molar-refractivity contribution < 1.29 is 14.3 Å². The quantitative estimate of drug-likeness (QED) is 0.886. The number of hydrogen-bond acceptors (Lipinski definition) is 4. The van der Waals surface area contributed by atoms with Crippen LogP contribution in [0.15, 0.2) is 36.7 Å². The molecule has 0 aliphatic carbocycles. The lowest BCUT2D eigenvalue weighted by molar-refractivity contribution is -0.139. The van der Waals surface area contributed by atoms with E-state index < -0.39 is 5.72 Å². The number of amides is 2. The Labute approximate surface area is 163 Å². The van der Waals surface area contributed by atoms with E-state index in [1.165, 1.54) is 0 Å². The second-order valence-electron chi connectivity index (χ2n) is 8.18. The molecule has 3 saturated heterocycles. The number of benzene rings is 1. The summed E-state index contributed by atoms with van der Waals surface area (Å²) in [6.07, 6.45) is 4.42. The van der Waals surface area contributed by atoms with Crippen molar-refractivity contribution in [3.8, 4) is 11.4 Å². The second kappa shape index (κ2) is 6.17. The van der Waals surface area contributed by atoms with Gasteiger partial charge in [0.2, 0.25) is 5.91 Å². The summed E-state index contributed by atoms with van der Waals surface area (Å²) >= 11 is 0. The van der Waals surface area contributed by atoms with Crippen LogP contribution in [0.5, 0.6) is 0 Å². The zero-order valence-corrected chi connectivity index (χ0v) is 16.1. The maximum atomic E-state index is 13.5. The lowest BCUT2D eigenvalue weighted by Crippen LogP contribution is -2.51. The molecule has 2 aromatic rings. The van der Waals surface area contributed by atoms with E-state index in [0.717, 1.165) is 5.56 Å². The molecular formula is C21H24N4O3. The molecule has 4 heterocycles. The maximum absolute atomic E-state index is 13.5. The van der Waals surface area contributed by atoms with Crippen molar-refractivity contribution in [2.75, 3.05) is 13.2 Å². The first-order valence-corrected chi connectivity index (χ1v) is 9.89. The van der Waals surface area contributed by atoms with E-state index in [4.69, 9.17) is 4.74 Å². The molecule has 146 valence electrons. The van der Waals surface area contributed by atoms with Gasteiger partial charge in [-0.3, -0.25) is 9.59 Å². The number of hydrogen-bond donors (Lipinski definition) is 1. The van der Waals surface area contributed by atoms with Crippen LogP contribution in [0.4, 0.5) is 0 Å². The monoisotopic (exact) mass is 380 g/mol. The Morgan fingerprint density at radius 1 is 1.36 bits per heavy atom. The van der Waals surface area contributed by atoms with Crippen molar-refractivity contribution in [3.05, 3.63) is 42.2 Å². The third kappa shape index (κ3) is 2.29. The first-order chi connectivity index (χ1) is 13.5. The summed E-state index contributed by atoms with van der Waals surface area (Å²) in [5, 5.41) is 0. The van der Waals surface area contributed by atoms with Gasteiger partial charge in [0.25, 0.3) is 5.91 Å². The van der Waals surface area contributed by atoms with Gasteiger partial charge in [-0.1, -0.05) is 32.0 Å². The number of rotatable bonds is 3.